The highest BCUT2D eigenvalue weighted by Crippen LogP contribution is 2.28. The molecule has 2 aromatic heterocycles. The smallest absolute Gasteiger partial charge is 0.267 e. The molecule has 2 aromatic carbocycles. The average molecular weight is 406 g/mol. The monoisotopic (exact) mass is 406 g/mol. The number of carbonyl (C=O) groups is 2. The number of aromatic nitrogens is 1. The number of Topliss-reactive ketones (excluding diaryl/α,β-unsaturated/α-hetero) is 1. The van der Waals surface area contributed by atoms with Gasteiger partial charge in [-0.1, -0.05) is 48.5 Å². The summed E-state index contributed by atoms with van der Waals surface area (Å²) in [6, 6.07) is 19.0. The number of benzene rings is 2. The van der Waals surface area contributed by atoms with Gasteiger partial charge in [-0.15, -0.1) is 0 Å². The summed E-state index contributed by atoms with van der Waals surface area (Å²) in [4.78, 5) is 24.7. The van der Waals surface area contributed by atoms with E-state index in [1.807, 2.05) is 0 Å². The second kappa shape index (κ2) is 7.18. The molecule has 4 aromatic rings. The van der Waals surface area contributed by atoms with Gasteiger partial charge in [-0.2, -0.15) is 0 Å². The third-order valence-electron chi connectivity index (χ3n) is 4.72. The molecular weight excluding hydrogens is 388 g/mol. The number of hydrogen-bond donors (Lipinski definition) is 1. The third kappa shape index (κ3) is 3.64. The van der Waals surface area contributed by atoms with Crippen molar-refractivity contribution in [2.24, 2.45) is 0 Å². The van der Waals surface area contributed by atoms with E-state index in [2.05, 4.69) is 4.72 Å². The van der Waals surface area contributed by atoms with Gasteiger partial charge in [-0.25, -0.2) is 13.1 Å². The van der Waals surface area contributed by atoms with Crippen LogP contribution in [0, 0.1) is 0 Å². The SMILES string of the molecule is CC(=O)c1ccc2c(C(=O)NS(=O)(=O)Cc3ccccc3)c3ccccn3c2c1. The van der Waals surface area contributed by atoms with Crippen LogP contribution in [0.5, 0.6) is 0 Å². The number of ketones is 1. The minimum absolute atomic E-state index is 0.0887. The van der Waals surface area contributed by atoms with Gasteiger partial charge in [0.2, 0.25) is 10.0 Å². The van der Waals surface area contributed by atoms with E-state index in [0.717, 1.165) is 0 Å². The van der Waals surface area contributed by atoms with Crippen molar-refractivity contribution < 1.29 is 18.0 Å². The summed E-state index contributed by atoms with van der Waals surface area (Å²) in [5.41, 5.74) is 2.59. The van der Waals surface area contributed by atoms with E-state index in [-0.39, 0.29) is 17.1 Å². The molecule has 0 unspecified atom stereocenters. The Bertz CT molecular complexity index is 1360. The van der Waals surface area contributed by atoms with Gasteiger partial charge in [0.05, 0.1) is 22.3 Å². The second-order valence-corrected chi connectivity index (χ2v) is 8.52. The lowest BCUT2D eigenvalue weighted by molar-refractivity contribution is 0.0982. The number of carbonyl (C=O) groups excluding carboxylic acids is 2. The number of pyridine rings is 1. The van der Waals surface area contributed by atoms with Crippen LogP contribution in [0.25, 0.3) is 16.4 Å². The molecule has 2 heterocycles. The molecule has 0 aliphatic carbocycles. The van der Waals surface area contributed by atoms with Crippen LogP contribution in [0.2, 0.25) is 0 Å². The first-order valence-corrected chi connectivity index (χ1v) is 10.6. The van der Waals surface area contributed by atoms with Crippen LogP contribution in [0.15, 0.2) is 72.9 Å². The molecule has 29 heavy (non-hydrogen) atoms. The summed E-state index contributed by atoms with van der Waals surface area (Å²) in [6.07, 6.45) is 1.77. The molecule has 0 fully saturated rings. The zero-order valence-electron chi connectivity index (χ0n) is 15.6. The van der Waals surface area contributed by atoms with Crippen LogP contribution in [0.4, 0.5) is 0 Å². The fraction of sp³-hybridized carbons (Fsp3) is 0.0909. The molecule has 7 heteroatoms. The number of nitrogens with one attached hydrogen (secondary N) is 1. The van der Waals surface area contributed by atoms with Crippen LogP contribution in [-0.2, 0) is 15.8 Å². The summed E-state index contributed by atoms with van der Waals surface area (Å²) in [6.45, 7) is 1.47. The molecule has 0 saturated carbocycles. The van der Waals surface area contributed by atoms with Gasteiger partial charge >= 0.3 is 0 Å². The Morgan fingerprint density at radius 3 is 2.38 bits per heavy atom. The van der Waals surface area contributed by atoms with Crippen LogP contribution in [0.3, 0.4) is 0 Å². The first-order valence-electron chi connectivity index (χ1n) is 8.98. The normalized spacial score (nSPS) is 11.6. The summed E-state index contributed by atoms with van der Waals surface area (Å²) < 4.78 is 29.0. The molecule has 1 amide bonds. The number of sulfonamides is 1. The maximum atomic E-state index is 13.0. The van der Waals surface area contributed by atoms with Gasteiger partial charge in [0.15, 0.2) is 5.78 Å². The van der Waals surface area contributed by atoms with E-state index in [0.29, 0.717) is 27.5 Å². The standard InChI is InChI=1S/C22H18N2O4S/c1-15(25)17-10-11-18-20(13-17)24-12-6-5-9-19(24)21(18)22(26)23-29(27,28)14-16-7-3-2-4-8-16/h2-13H,14H2,1H3,(H,23,26). The minimum atomic E-state index is -3.88. The molecule has 1 N–H and O–H groups in total. The van der Waals surface area contributed by atoms with Crippen LogP contribution >= 0.6 is 0 Å². The lowest BCUT2D eigenvalue weighted by Gasteiger charge is -2.07. The molecule has 0 aliphatic rings. The Morgan fingerprint density at radius 2 is 1.66 bits per heavy atom. The first kappa shape index (κ1) is 18.9. The largest absolute Gasteiger partial charge is 0.316 e. The third-order valence-corrected chi connectivity index (χ3v) is 5.93. The summed E-state index contributed by atoms with van der Waals surface area (Å²) >= 11 is 0. The Labute approximate surface area is 167 Å². The maximum Gasteiger partial charge on any atom is 0.267 e. The quantitative estimate of drug-likeness (QED) is 0.514. The van der Waals surface area contributed by atoms with Gasteiger partial charge < -0.3 is 4.40 Å². The molecule has 4 rings (SSSR count). The zero-order chi connectivity index (χ0) is 20.6. The van der Waals surface area contributed by atoms with Crippen molar-refractivity contribution >= 4 is 38.1 Å². The molecule has 0 radical (unpaired) electrons. The Balaban J connectivity index is 1.78. The highest BCUT2D eigenvalue weighted by molar-refractivity contribution is 7.89. The molecule has 0 saturated heterocycles. The Kier molecular flexibility index (Phi) is 4.68. The van der Waals surface area contributed by atoms with Crippen LogP contribution in [-0.4, -0.2) is 24.5 Å². The fourth-order valence-corrected chi connectivity index (χ4v) is 4.50. The van der Waals surface area contributed by atoms with E-state index in [1.165, 1.54) is 6.92 Å². The Hall–Kier alpha value is -3.45. The molecular formula is C22H18N2O4S. The topological polar surface area (TPSA) is 84.7 Å². The van der Waals surface area contributed by atoms with Gasteiger partial charge in [0.1, 0.15) is 0 Å². The van der Waals surface area contributed by atoms with Crippen molar-refractivity contribution in [2.45, 2.75) is 12.7 Å². The molecule has 0 spiro atoms. The fourth-order valence-electron chi connectivity index (χ4n) is 3.42. The van der Waals surface area contributed by atoms with E-state index < -0.39 is 15.9 Å². The van der Waals surface area contributed by atoms with Gasteiger partial charge in [-0.3, -0.25) is 9.59 Å². The Morgan fingerprint density at radius 1 is 0.931 bits per heavy atom. The van der Waals surface area contributed by atoms with Crippen molar-refractivity contribution in [3.8, 4) is 0 Å². The molecule has 0 atom stereocenters. The predicted octanol–water partition coefficient (Wildman–Crippen LogP) is 3.55. The number of amides is 1. The van der Waals surface area contributed by atoms with Crippen molar-refractivity contribution in [1.82, 2.24) is 9.12 Å². The van der Waals surface area contributed by atoms with Crippen molar-refractivity contribution in [2.75, 3.05) is 0 Å². The number of nitrogens with zero attached hydrogens (tertiary/aromatic N) is 1. The average Bonchev–Trinajstić information content (AvgIpc) is 3.01. The predicted molar refractivity (Wildman–Crippen MR) is 111 cm³/mol. The van der Waals surface area contributed by atoms with Crippen LogP contribution in [0.1, 0.15) is 33.2 Å². The van der Waals surface area contributed by atoms with Gasteiger partial charge in [0.25, 0.3) is 5.91 Å². The second-order valence-electron chi connectivity index (χ2n) is 6.79. The maximum absolute atomic E-state index is 13.0. The molecule has 0 aliphatic heterocycles. The van der Waals surface area contributed by atoms with Crippen molar-refractivity contribution in [3.63, 3.8) is 0 Å². The highest BCUT2D eigenvalue weighted by Gasteiger charge is 2.23. The van der Waals surface area contributed by atoms with E-state index in [1.54, 1.807) is 77.3 Å². The van der Waals surface area contributed by atoms with E-state index >= 15 is 0 Å². The number of hydrogen-bond acceptors (Lipinski definition) is 4. The van der Waals surface area contributed by atoms with Crippen molar-refractivity contribution in [3.05, 3.63) is 89.6 Å². The number of rotatable bonds is 5. The lowest BCUT2D eigenvalue weighted by Crippen LogP contribution is -2.31. The lowest BCUT2D eigenvalue weighted by atomic mass is 10.1. The van der Waals surface area contributed by atoms with Gasteiger partial charge in [0, 0.05) is 17.1 Å². The highest BCUT2D eigenvalue weighted by atomic mass is 32.2. The first-order chi connectivity index (χ1) is 13.9. The van der Waals surface area contributed by atoms with Gasteiger partial charge in [-0.05, 0) is 30.7 Å². The summed E-state index contributed by atoms with van der Waals surface area (Å²) in [5.74, 6) is -1.08. The zero-order valence-corrected chi connectivity index (χ0v) is 16.4. The molecule has 146 valence electrons. The summed E-state index contributed by atoms with van der Waals surface area (Å²) in [7, 11) is -3.88. The summed E-state index contributed by atoms with van der Waals surface area (Å²) in [5, 5.41) is 0.577. The minimum Gasteiger partial charge on any atom is -0.316 e. The number of fused-ring (bicyclic) bond motifs is 3. The van der Waals surface area contributed by atoms with Crippen LogP contribution < -0.4 is 4.72 Å². The van der Waals surface area contributed by atoms with E-state index in [4.69, 9.17) is 0 Å². The van der Waals surface area contributed by atoms with Crippen molar-refractivity contribution in [1.29, 1.82) is 0 Å². The van der Waals surface area contributed by atoms with E-state index in [9.17, 15) is 18.0 Å². The molecule has 0 bridgehead atoms. The molecule has 6 nitrogen and oxygen atoms in total.